The van der Waals surface area contributed by atoms with Crippen molar-refractivity contribution in [3.05, 3.63) is 28.3 Å². The molecular formula is C16H12F3NO3S. The number of hydrogen-bond donors (Lipinski definition) is 0. The summed E-state index contributed by atoms with van der Waals surface area (Å²) in [6.07, 6.45) is -3.80. The van der Waals surface area contributed by atoms with Crippen molar-refractivity contribution in [2.24, 2.45) is 5.92 Å². The fourth-order valence-electron chi connectivity index (χ4n) is 2.87. The SMILES string of the molecule is Cc1c(C(=O)C2C(=O)CCCC2=O)ccc2sc(C(F)(F)F)nc12. The first-order chi connectivity index (χ1) is 11.2. The van der Waals surface area contributed by atoms with E-state index >= 15 is 0 Å². The third-order valence-electron chi connectivity index (χ3n) is 4.07. The third kappa shape index (κ3) is 2.75. The number of halogens is 3. The minimum atomic E-state index is -4.56. The number of Topliss-reactive ketones (excluding diaryl/α,β-unsaturated/α-hetero) is 3. The van der Waals surface area contributed by atoms with E-state index < -0.39 is 34.5 Å². The van der Waals surface area contributed by atoms with Gasteiger partial charge in [0.15, 0.2) is 22.4 Å². The molecule has 8 heteroatoms. The lowest BCUT2D eigenvalue weighted by Gasteiger charge is -2.19. The summed E-state index contributed by atoms with van der Waals surface area (Å²) in [5.74, 6) is -2.84. The first kappa shape index (κ1) is 16.8. The summed E-state index contributed by atoms with van der Waals surface area (Å²) in [5, 5.41) is -0.991. The van der Waals surface area contributed by atoms with Crippen LogP contribution < -0.4 is 0 Å². The van der Waals surface area contributed by atoms with Gasteiger partial charge in [-0.1, -0.05) is 0 Å². The van der Waals surface area contributed by atoms with Crippen molar-refractivity contribution in [3.8, 4) is 0 Å². The number of nitrogens with zero attached hydrogens (tertiary/aromatic N) is 1. The monoisotopic (exact) mass is 355 g/mol. The van der Waals surface area contributed by atoms with Crippen LogP contribution in [0.3, 0.4) is 0 Å². The number of carbonyl (C=O) groups excluding carboxylic acids is 3. The van der Waals surface area contributed by atoms with Crippen LogP contribution >= 0.6 is 11.3 Å². The third-order valence-corrected chi connectivity index (χ3v) is 5.14. The Morgan fingerprint density at radius 1 is 1.21 bits per heavy atom. The molecule has 24 heavy (non-hydrogen) atoms. The zero-order valence-corrected chi connectivity index (χ0v) is 13.4. The standard InChI is InChI=1S/C16H12F3NO3S/c1-7-8(14(23)12-9(21)3-2-4-10(12)22)5-6-11-13(7)20-15(24-11)16(17,18)19/h5-6,12H,2-4H2,1H3. The molecule has 4 nitrogen and oxygen atoms in total. The first-order valence-electron chi connectivity index (χ1n) is 7.27. The first-order valence-corrected chi connectivity index (χ1v) is 8.09. The van der Waals surface area contributed by atoms with E-state index in [1.54, 1.807) is 0 Å². The van der Waals surface area contributed by atoms with E-state index in [-0.39, 0.29) is 29.5 Å². The molecule has 0 spiro atoms. The minimum Gasteiger partial charge on any atom is -0.298 e. The largest absolute Gasteiger partial charge is 0.443 e. The highest BCUT2D eigenvalue weighted by Crippen LogP contribution is 2.37. The molecule has 1 aliphatic rings. The molecule has 0 unspecified atom stereocenters. The molecule has 2 aromatic rings. The zero-order valence-electron chi connectivity index (χ0n) is 12.6. The molecular weight excluding hydrogens is 343 g/mol. The van der Waals surface area contributed by atoms with Crippen LogP contribution in [-0.2, 0) is 15.8 Å². The van der Waals surface area contributed by atoms with Gasteiger partial charge in [-0.2, -0.15) is 13.2 Å². The smallest absolute Gasteiger partial charge is 0.298 e. The van der Waals surface area contributed by atoms with E-state index in [4.69, 9.17) is 0 Å². The van der Waals surface area contributed by atoms with Gasteiger partial charge in [-0.15, -0.1) is 11.3 Å². The van der Waals surface area contributed by atoms with E-state index in [0.29, 0.717) is 22.5 Å². The van der Waals surface area contributed by atoms with Crippen LogP contribution in [0.2, 0.25) is 0 Å². The number of fused-ring (bicyclic) bond motifs is 1. The van der Waals surface area contributed by atoms with Crippen molar-refractivity contribution in [3.63, 3.8) is 0 Å². The number of ketones is 3. The van der Waals surface area contributed by atoms with Crippen molar-refractivity contribution >= 4 is 38.9 Å². The average Bonchev–Trinajstić information content (AvgIpc) is 2.92. The Hall–Kier alpha value is -2.09. The normalized spacial score (nSPS) is 16.8. The molecule has 0 bridgehead atoms. The van der Waals surface area contributed by atoms with Crippen molar-refractivity contribution in [2.75, 3.05) is 0 Å². The summed E-state index contributed by atoms with van der Waals surface area (Å²) in [7, 11) is 0. The highest BCUT2D eigenvalue weighted by atomic mass is 32.1. The number of benzene rings is 1. The van der Waals surface area contributed by atoms with Crippen LogP contribution in [0.4, 0.5) is 13.2 Å². The number of thiazole rings is 1. The van der Waals surface area contributed by atoms with Gasteiger partial charge in [0, 0.05) is 18.4 Å². The molecule has 126 valence electrons. The molecule has 0 radical (unpaired) electrons. The Morgan fingerprint density at radius 2 is 1.83 bits per heavy atom. The topological polar surface area (TPSA) is 64.1 Å². The lowest BCUT2D eigenvalue weighted by molar-refractivity contribution is -0.137. The molecule has 0 saturated heterocycles. The van der Waals surface area contributed by atoms with E-state index in [9.17, 15) is 27.6 Å². The van der Waals surface area contributed by atoms with Gasteiger partial charge in [-0.25, -0.2) is 4.98 Å². The van der Waals surface area contributed by atoms with Gasteiger partial charge in [0.25, 0.3) is 0 Å². The molecule has 1 fully saturated rings. The lowest BCUT2D eigenvalue weighted by Crippen LogP contribution is -2.35. The van der Waals surface area contributed by atoms with Crippen LogP contribution in [0.15, 0.2) is 12.1 Å². The fraction of sp³-hybridized carbons (Fsp3) is 0.375. The Kier molecular flexibility index (Phi) is 4.03. The van der Waals surface area contributed by atoms with Gasteiger partial charge in [-0.05, 0) is 31.0 Å². The Labute approximate surface area is 138 Å². The Balaban J connectivity index is 2.06. The van der Waals surface area contributed by atoms with Gasteiger partial charge in [-0.3, -0.25) is 14.4 Å². The molecule has 1 saturated carbocycles. The summed E-state index contributed by atoms with van der Waals surface area (Å²) in [6.45, 7) is 1.48. The summed E-state index contributed by atoms with van der Waals surface area (Å²) < 4.78 is 38.7. The number of aromatic nitrogens is 1. The van der Waals surface area contributed by atoms with E-state index in [1.165, 1.54) is 19.1 Å². The molecule has 0 aliphatic heterocycles. The van der Waals surface area contributed by atoms with Crippen LogP contribution in [0.5, 0.6) is 0 Å². The molecule has 3 rings (SSSR count). The maximum atomic E-state index is 12.8. The molecule has 0 N–H and O–H groups in total. The van der Waals surface area contributed by atoms with Gasteiger partial charge in [0.05, 0.1) is 10.2 Å². The molecule has 1 aliphatic carbocycles. The number of carbonyl (C=O) groups is 3. The van der Waals surface area contributed by atoms with E-state index in [1.807, 2.05) is 0 Å². The second-order valence-electron chi connectivity index (χ2n) is 5.69. The number of hydrogen-bond acceptors (Lipinski definition) is 5. The average molecular weight is 355 g/mol. The van der Waals surface area contributed by atoms with Crippen LogP contribution in [-0.4, -0.2) is 22.3 Å². The minimum absolute atomic E-state index is 0.0777. The van der Waals surface area contributed by atoms with Crippen LogP contribution in [0.1, 0.15) is 40.2 Å². The molecule has 1 heterocycles. The second-order valence-corrected chi connectivity index (χ2v) is 6.72. The number of alkyl halides is 3. The number of rotatable bonds is 2. The van der Waals surface area contributed by atoms with Crippen LogP contribution in [0.25, 0.3) is 10.2 Å². The van der Waals surface area contributed by atoms with Crippen LogP contribution in [0, 0.1) is 12.8 Å². The predicted molar refractivity (Wildman–Crippen MR) is 81.0 cm³/mol. The predicted octanol–water partition coefficient (Wildman–Crippen LogP) is 3.74. The molecule has 0 atom stereocenters. The van der Waals surface area contributed by atoms with E-state index in [2.05, 4.69) is 4.98 Å². The number of aryl methyl sites for hydroxylation is 1. The Bertz CT molecular complexity index is 853. The molecule has 1 aromatic heterocycles. The quantitative estimate of drug-likeness (QED) is 0.608. The maximum absolute atomic E-state index is 12.8. The summed E-state index contributed by atoms with van der Waals surface area (Å²) in [6, 6.07) is 2.74. The lowest BCUT2D eigenvalue weighted by atomic mass is 9.81. The Morgan fingerprint density at radius 3 is 2.42 bits per heavy atom. The summed E-state index contributed by atoms with van der Waals surface area (Å²) >= 11 is 0.494. The second kappa shape index (κ2) is 5.77. The van der Waals surface area contributed by atoms with Crippen molar-refractivity contribution in [2.45, 2.75) is 32.4 Å². The molecule has 0 amide bonds. The highest BCUT2D eigenvalue weighted by molar-refractivity contribution is 7.18. The summed E-state index contributed by atoms with van der Waals surface area (Å²) in [5.41, 5.74) is 0.416. The van der Waals surface area contributed by atoms with E-state index in [0.717, 1.165) is 0 Å². The zero-order chi connectivity index (χ0) is 17.6. The van der Waals surface area contributed by atoms with Crippen molar-refractivity contribution < 1.29 is 27.6 Å². The maximum Gasteiger partial charge on any atom is 0.443 e. The summed E-state index contributed by atoms with van der Waals surface area (Å²) in [4.78, 5) is 40.0. The fourth-order valence-corrected chi connectivity index (χ4v) is 3.76. The van der Waals surface area contributed by atoms with Gasteiger partial charge in [0.1, 0.15) is 5.92 Å². The molecule has 1 aromatic carbocycles. The van der Waals surface area contributed by atoms with Gasteiger partial charge >= 0.3 is 6.18 Å². The van der Waals surface area contributed by atoms with Gasteiger partial charge in [0.2, 0.25) is 0 Å². The van der Waals surface area contributed by atoms with Crippen molar-refractivity contribution in [1.82, 2.24) is 4.98 Å². The van der Waals surface area contributed by atoms with Crippen molar-refractivity contribution in [1.29, 1.82) is 0 Å². The highest BCUT2D eigenvalue weighted by Gasteiger charge is 2.38. The van der Waals surface area contributed by atoms with Gasteiger partial charge < -0.3 is 0 Å².